The van der Waals surface area contributed by atoms with Gasteiger partial charge in [-0.25, -0.2) is 4.79 Å². The van der Waals surface area contributed by atoms with Crippen LogP contribution in [0.4, 0.5) is 0 Å². The Labute approximate surface area is 163 Å². The second-order valence-corrected chi connectivity index (χ2v) is 6.61. The molecule has 6 heteroatoms. The van der Waals surface area contributed by atoms with Gasteiger partial charge in [0.25, 0.3) is 5.24 Å². The van der Waals surface area contributed by atoms with Gasteiger partial charge in [0, 0.05) is 5.56 Å². The van der Waals surface area contributed by atoms with E-state index in [9.17, 15) is 9.59 Å². The molecular weight excluding hydrogens is 420 g/mol. The van der Waals surface area contributed by atoms with Gasteiger partial charge in [-0.15, -0.1) is 0 Å². The molecule has 0 unspecified atom stereocenters. The first-order valence-electron chi connectivity index (χ1n) is 7.87. The molecule has 0 aromatic heterocycles. The van der Waals surface area contributed by atoms with E-state index in [0.29, 0.717) is 16.6 Å². The topological polar surface area (TPSA) is 52.6 Å². The zero-order valence-electron chi connectivity index (χ0n) is 13.8. The standard InChI is InChI=1S/C20H14BrClO4/c1-2-25-17-11-13(19(22)23)10-16(21)18(17)26-20(24)15-9-5-7-12-6-3-4-8-14(12)15/h3-11H,2H2,1H3. The van der Waals surface area contributed by atoms with Crippen LogP contribution in [-0.4, -0.2) is 17.8 Å². The largest absolute Gasteiger partial charge is 0.490 e. The minimum Gasteiger partial charge on any atom is -0.490 e. The average molecular weight is 434 g/mol. The summed E-state index contributed by atoms with van der Waals surface area (Å²) in [5, 5.41) is 1.11. The van der Waals surface area contributed by atoms with E-state index < -0.39 is 11.2 Å². The van der Waals surface area contributed by atoms with E-state index in [0.717, 1.165) is 10.8 Å². The fourth-order valence-electron chi connectivity index (χ4n) is 2.59. The zero-order valence-corrected chi connectivity index (χ0v) is 16.1. The quantitative estimate of drug-likeness (QED) is 0.299. The highest BCUT2D eigenvalue weighted by Gasteiger charge is 2.20. The van der Waals surface area contributed by atoms with Crippen molar-refractivity contribution in [1.29, 1.82) is 0 Å². The van der Waals surface area contributed by atoms with Crippen LogP contribution in [0.3, 0.4) is 0 Å². The normalized spacial score (nSPS) is 10.6. The summed E-state index contributed by atoms with van der Waals surface area (Å²) in [5.41, 5.74) is 0.682. The molecule has 0 saturated heterocycles. The number of fused-ring (bicyclic) bond motifs is 1. The lowest BCUT2D eigenvalue weighted by Gasteiger charge is -2.14. The first-order valence-corrected chi connectivity index (χ1v) is 9.04. The fraction of sp³-hybridized carbons (Fsp3) is 0.100. The van der Waals surface area contributed by atoms with Crippen molar-refractivity contribution in [2.24, 2.45) is 0 Å². The van der Waals surface area contributed by atoms with Gasteiger partial charge in [0.2, 0.25) is 0 Å². The van der Waals surface area contributed by atoms with Gasteiger partial charge in [0.1, 0.15) is 0 Å². The summed E-state index contributed by atoms with van der Waals surface area (Å²) >= 11 is 8.86. The molecule has 0 amide bonds. The van der Waals surface area contributed by atoms with Gasteiger partial charge in [-0.2, -0.15) is 0 Å². The van der Waals surface area contributed by atoms with Crippen LogP contribution in [0.1, 0.15) is 27.6 Å². The van der Waals surface area contributed by atoms with E-state index in [4.69, 9.17) is 21.1 Å². The van der Waals surface area contributed by atoms with E-state index in [1.165, 1.54) is 12.1 Å². The molecule has 26 heavy (non-hydrogen) atoms. The SMILES string of the molecule is CCOc1cc(C(=O)Cl)cc(Br)c1OC(=O)c1cccc2ccccc12. The molecule has 0 fully saturated rings. The molecule has 3 rings (SSSR count). The van der Waals surface area contributed by atoms with Crippen LogP contribution in [0.5, 0.6) is 11.5 Å². The Morgan fingerprint density at radius 3 is 2.54 bits per heavy atom. The number of halogens is 2. The van der Waals surface area contributed by atoms with E-state index in [1.54, 1.807) is 19.1 Å². The Kier molecular flexibility index (Phi) is 5.59. The van der Waals surface area contributed by atoms with Crippen LogP contribution in [-0.2, 0) is 0 Å². The van der Waals surface area contributed by atoms with E-state index in [2.05, 4.69) is 15.9 Å². The molecule has 0 spiro atoms. The molecule has 0 N–H and O–H groups in total. The lowest BCUT2D eigenvalue weighted by molar-refractivity contribution is 0.0729. The number of hydrogen-bond donors (Lipinski definition) is 0. The Morgan fingerprint density at radius 1 is 1.08 bits per heavy atom. The van der Waals surface area contributed by atoms with Crippen molar-refractivity contribution in [2.75, 3.05) is 6.61 Å². The maximum Gasteiger partial charge on any atom is 0.344 e. The summed E-state index contributed by atoms with van der Waals surface area (Å²) in [5.74, 6) is -0.0562. The van der Waals surface area contributed by atoms with E-state index in [1.807, 2.05) is 30.3 Å². The molecule has 132 valence electrons. The van der Waals surface area contributed by atoms with Gasteiger partial charge >= 0.3 is 5.97 Å². The summed E-state index contributed by atoms with van der Waals surface area (Å²) < 4.78 is 11.5. The van der Waals surface area contributed by atoms with Crippen LogP contribution < -0.4 is 9.47 Å². The van der Waals surface area contributed by atoms with E-state index in [-0.39, 0.29) is 17.1 Å². The third kappa shape index (κ3) is 3.74. The molecule has 4 nitrogen and oxygen atoms in total. The number of esters is 1. The molecule has 0 aliphatic carbocycles. The predicted molar refractivity (Wildman–Crippen MR) is 104 cm³/mol. The number of ether oxygens (including phenoxy) is 2. The van der Waals surface area contributed by atoms with Gasteiger partial charge in [-0.1, -0.05) is 36.4 Å². The van der Waals surface area contributed by atoms with Crippen molar-refractivity contribution in [3.05, 3.63) is 70.2 Å². The van der Waals surface area contributed by atoms with Crippen molar-refractivity contribution >= 4 is 49.5 Å². The van der Waals surface area contributed by atoms with Crippen LogP contribution in [0.2, 0.25) is 0 Å². The van der Waals surface area contributed by atoms with Crippen molar-refractivity contribution in [2.45, 2.75) is 6.92 Å². The lowest BCUT2D eigenvalue weighted by Crippen LogP contribution is -2.11. The molecule has 0 saturated carbocycles. The minimum atomic E-state index is -0.626. The molecule has 0 atom stereocenters. The van der Waals surface area contributed by atoms with Crippen LogP contribution in [0.15, 0.2) is 59.1 Å². The van der Waals surface area contributed by atoms with Crippen molar-refractivity contribution in [3.8, 4) is 11.5 Å². The summed E-state index contributed by atoms with van der Waals surface area (Å²) in [4.78, 5) is 24.2. The van der Waals surface area contributed by atoms with Gasteiger partial charge < -0.3 is 9.47 Å². The first kappa shape index (κ1) is 18.4. The Hall–Kier alpha value is -2.37. The average Bonchev–Trinajstić information content (AvgIpc) is 2.63. The Bertz CT molecular complexity index is 995. The van der Waals surface area contributed by atoms with Crippen molar-refractivity contribution in [1.82, 2.24) is 0 Å². The van der Waals surface area contributed by atoms with Gasteiger partial charge in [-0.05, 0) is 63.4 Å². The predicted octanol–water partition coefficient (Wildman–Crippen LogP) is 5.60. The van der Waals surface area contributed by atoms with E-state index >= 15 is 0 Å². The molecule has 0 aliphatic heterocycles. The number of benzene rings is 3. The van der Waals surface area contributed by atoms with Crippen LogP contribution in [0.25, 0.3) is 10.8 Å². The molecule has 0 heterocycles. The number of carbonyl (C=O) groups is 2. The summed E-state index contributed by atoms with van der Waals surface area (Å²) in [6.45, 7) is 2.13. The molecule has 0 radical (unpaired) electrons. The van der Waals surface area contributed by atoms with Crippen LogP contribution in [0, 0.1) is 0 Å². The van der Waals surface area contributed by atoms with Gasteiger partial charge in [0.15, 0.2) is 11.5 Å². The van der Waals surface area contributed by atoms with Crippen LogP contribution >= 0.6 is 27.5 Å². The smallest absolute Gasteiger partial charge is 0.344 e. The van der Waals surface area contributed by atoms with Crippen molar-refractivity contribution < 1.29 is 19.1 Å². The molecular formula is C20H14BrClO4. The molecule has 0 aliphatic rings. The second kappa shape index (κ2) is 7.89. The number of rotatable bonds is 5. The maximum absolute atomic E-state index is 12.8. The lowest BCUT2D eigenvalue weighted by atomic mass is 10.0. The third-order valence-corrected chi connectivity index (χ3v) is 4.55. The number of hydrogen-bond acceptors (Lipinski definition) is 4. The Balaban J connectivity index is 2.02. The highest BCUT2D eigenvalue weighted by molar-refractivity contribution is 9.10. The summed E-state index contributed by atoms with van der Waals surface area (Å²) in [6.07, 6.45) is 0. The Morgan fingerprint density at radius 2 is 1.81 bits per heavy atom. The summed E-state index contributed by atoms with van der Waals surface area (Å²) in [6, 6.07) is 15.9. The van der Waals surface area contributed by atoms with Crippen molar-refractivity contribution in [3.63, 3.8) is 0 Å². The molecule has 0 bridgehead atoms. The maximum atomic E-state index is 12.8. The zero-order chi connectivity index (χ0) is 18.7. The fourth-order valence-corrected chi connectivity index (χ4v) is 3.23. The monoisotopic (exact) mass is 432 g/mol. The third-order valence-electron chi connectivity index (χ3n) is 3.74. The highest BCUT2D eigenvalue weighted by Crippen LogP contribution is 2.38. The highest BCUT2D eigenvalue weighted by atomic mass is 79.9. The number of carbonyl (C=O) groups excluding carboxylic acids is 2. The minimum absolute atomic E-state index is 0.200. The molecule has 3 aromatic carbocycles. The molecule has 3 aromatic rings. The first-order chi connectivity index (χ1) is 12.5. The van der Waals surface area contributed by atoms with Gasteiger partial charge in [0.05, 0.1) is 16.6 Å². The van der Waals surface area contributed by atoms with Gasteiger partial charge in [-0.3, -0.25) is 4.79 Å². The summed E-state index contributed by atoms with van der Waals surface area (Å²) in [7, 11) is 0. The second-order valence-electron chi connectivity index (χ2n) is 5.41.